The first-order chi connectivity index (χ1) is 10.8. The van der Waals surface area contributed by atoms with Crippen LogP contribution in [-0.2, 0) is 4.74 Å². The minimum Gasteiger partial charge on any atom is -0.377 e. The van der Waals surface area contributed by atoms with Crippen molar-refractivity contribution < 1.29 is 4.74 Å². The van der Waals surface area contributed by atoms with Crippen LogP contribution in [0, 0.1) is 0 Å². The quantitative estimate of drug-likeness (QED) is 0.780. The van der Waals surface area contributed by atoms with Gasteiger partial charge in [0.1, 0.15) is 0 Å². The number of anilines is 1. The van der Waals surface area contributed by atoms with Crippen LogP contribution in [0.4, 0.5) is 5.69 Å². The van der Waals surface area contributed by atoms with Crippen LogP contribution in [0.15, 0.2) is 58.0 Å². The molecule has 1 saturated heterocycles. The molecule has 0 aliphatic carbocycles. The average Bonchev–Trinajstić information content (AvgIpc) is 2.72. The lowest BCUT2D eigenvalue weighted by Gasteiger charge is -2.36. The molecule has 1 atom stereocenters. The number of hydrogen-bond acceptors (Lipinski definition) is 3. The van der Waals surface area contributed by atoms with Gasteiger partial charge in [0.15, 0.2) is 0 Å². The van der Waals surface area contributed by atoms with Crippen LogP contribution in [0.25, 0.3) is 0 Å². The van der Waals surface area contributed by atoms with Crippen molar-refractivity contribution in [3.63, 3.8) is 0 Å². The first-order valence-electron chi connectivity index (χ1n) is 7.57. The van der Waals surface area contributed by atoms with Gasteiger partial charge < -0.3 is 9.64 Å². The molecule has 22 heavy (non-hydrogen) atoms. The van der Waals surface area contributed by atoms with Gasteiger partial charge in [0, 0.05) is 27.8 Å². The van der Waals surface area contributed by atoms with Crippen molar-refractivity contribution in [1.29, 1.82) is 0 Å². The van der Waals surface area contributed by atoms with Gasteiger partial charge in [-0.2, -0.15) is 0 Å². The number of nitrogens with zero attached hydrogens (tertiary/aromatic N) is 2. The number of fused-ring (bicyclic) bond motifs is 3. The lowest BCUT2D eigenvalue weighted by atomic mass is 10.00. The van der Waals surface area contributed by atoms with Crippen LogP contribution in [0.5, 0.6) is 0 Å². The molecular formula is C18H17BrN2O. The van der Waals surface area contributed by atoms with E-state index < -0.39 is 0 Å². The van der Waals surface area contributed by atoms with Gasteiger partial charge in [-0.3, -0.25) is 4.99 Å². The Morgan fingerprint density at radius 1 is 1.14 bits per heavy atom. The third-order valence-corrected chi connectivity index (χ3v) is 4.75. The summed E-state index contributed by atoms with van der Waals surface area (Å²) in [4.78, 5) is 7.38. The van der Waals surface area contributed by atoms with Crippen molar-refractivity contribution in [1.82, 2.24) is 0 Å². The Kier molecular flexibility index (Phi) is 3.72. The van der Waals surface area contributed by atoms with Crippen molar-refractivity contribution >= 4 is 27.3 Å². The van der Waals surface area contributed by atoms with E-state index >= 15 is 0 Å². The normalized spacial score (nSPS) is 20.7. The molecule has 0 bridgehead atoms. The highest BCUT2D eigenvalue weighted by atomic mass is 79.9. The van der Waals surface area contributed by atoms with Crippen molar-refractivity contribution in [2.24, 2.45) is 4.99 Å². The topological polar surface area (TPSA) is 24.8 Å². The molecule has 0 radical (unpaired) electrons. The summed E-state index contributed by atoms with van der Waals surface area (Å²) in [5.41, 5.74) is 4.70. The molecular weight excluding hydrogens is 340 g/mol. The maximum absolute atomic E-state index is 5.65. The molecule has 112 valence electrons. The molecule has 1 unspecified atom stereocenters. The van der Waals surface area contributed by atoms with Crippen molar-refractivity contribution in [3.8, 4) is 0 Å². The van der Waals surface area contributed by atoms with E-state index in [1.54, 1.807) is 0 Å². The van der Waals surface area contributed by atoms with E-state index in [4.69, 9.17) is 9.73 Å². The fraction of sp³-hybridized carbons (Fsp3) is 0.278. The van der Waals surface area contributed by atoms with E-state index in [1.807, 2.05) is 6.07 Å². The van der Waals surface area contributed by atoms with Crippen LogP contribution in [0.1, 0.15) is 11.1 Å². The van der Waals surface area contributed by atoms with E-state index in [2.05, 4.69) is 63.3 Å². The highest BCUT2D eigenvalue weighted by molar-refractivity contribution is 9.10. The first-order valence-corrected chi connectivity index (χ1v) is 8.36. The van der Waals surface area contributed by atoms with Crippen LogP contribution in [-0.4, -0.2) is 38.1 Å². The molecule has 0 saturated carbocycles. The number of benzene rings is 2. The highest BCUT2D eigenvalue weighted by Gasteiger charge is 2.29. The number of aliphatic imine (C=N–C) groups is 1. The lowest BCUT2D eigenvalue weighted by molar-refractivity contribution is 0.0966. The number of halogens is 1. The third-order valence-electron chi connectivity index (χ3n) is 4.26. The minimum absolute atomic E-state index is 0.329. The molecule has 0 amide bonds. The molecule has 4 heteroatoms. The van der Waals surface area contributed by atoms with E-state index in [-0.39, 0.29) is 0 Å². The fourth-order valence-electron chi connectivity index (χ4n) is 3.20. The Hall–Kier alpha value is -1.65. The van der Waals surface area contributed by atoms with Gasteiger partial charge in [-0.25, -0.2) is 0 Å². The van der Waals surface area contributed by atoms with Crippen molar-refractivity contribution in [2.75, 3.05) is 31.2 Å². The summed E-state index contributed by atoms with van der Waals surface area (Å²) in [6, 6.07) is 17.2. The standard InChI is InChI=1S/C18H17BrN2O/c19-14-6-7-17-16(10-14)18(13-4-2-1-3-5-13)20-11-15-12-22-9-8-21(15)17/h1-7,10,15H,8-9,11-12H2. The molecule has 2 aliphatic rings. The predicted molar refractivity (Wildman–Crippen MR) is 93.0 cm³/mol. The Bertz CT molecular complexity index is 714. The zero-order chi connectivity index (χ0) is 14.9. The smallest absolute Gasteiger partial charge is 0.0741 e. The minimum atomic E-state index is 0.329. The second-order valence-electron chi connectivity index (χ2n) is 5.64. The molecule has 2 aliphatic heterocycles. The average molecular weight is 357 g/mol. The van der Waals surface area contributed by atoms with Gasteiger partial charge in [-0.1, -0.05) is 46.3 Å². The van der Waals surface area contributed by atoms with E-state index in [0.717, 1.165) is 36.5 Å². The summed E-state index contributed by atoms with van der Waals surface area (Å²) < 4.78 is 6.74. The largest absolute Gasteiger partial charge is 0.377 e. The van der Waals surface area contributed by atoms with Gasteiger partial charge in [-0.05, 0) is 18.2 Å². The molecule has 4 rings (SSSR count). The maximum atomic E-state index is 5.65. The van der Waals surface area contributed by atoms with Gasteiger partial charge in [0.25, 0.3) is 0 Å². The fourth-order valence-corrected chi connectivity index (χ4v) is 3.56. The maximum Gasteiger partial charge on any atom is 0.0741 e. The number of ether oxygens (including phenoxy) is 1. The summed E-state index contributed by atoms with van der Waals surface area (Å²) in [6.45, 7) is 3.24. The molecule has 2 aromatic carbocycles. The Labute approximate surface area is 138 Å². The number of rotatable bonds is 1. The second-order valence-corrected chi connectivity index (χ2v) is 6.55. The Morgan fingerprint density at radius 2 is 2.00 bits per heavy atom. The molecule has 0 spiro atoms. The van der Waals surface area contributed by atoms with Gasteiger partial charge >= 0.3 is 0 Å². The zero-order valence-corrected chi connectivity index (χ0v) is 13.8. The van der Waals surface area contributed by atoms with Crippen LogP contribution < -0.4 is 4.90 Å². The lowest BCUT2D eigenvalue weighted by Crippen LogP contribution is -2.47. The van der Waals surface area contributed by atoms with Gasteiger partial charge in [0.2, 0.25) is 0 Å². The highest BCUT2D eigenvalue weighted by Crippen LogP contribution is 2.32. The summed E-state index contributed by atoms with van der Waals surface area (Å²) in [7, 11) is 0. The Morgan fingerprint density at radius 3 is 2.86 bits per heavy atom. The van der Waals surface area contributed by atoms with Gasteiger partial charge in [0.05, 0.1) is 31.5 Å². The third kappa shape index (κ3) is 2.46. The van der Waals surface area contributed by atoms with Gasteiger partial charge in [-0.15, -0.1) is 0 Å². The van der Waals surface area contributed by atoms with Crippen LogP contribution in [0.2, 0.25) is 0 Å². The van der Waals surface area contributed by atoms with Crippen molar-refractivity contribution in [2.45, 2.75) is 6.04 Å². The summed E-state index contributed by atoms with van der Waals surface area (Å²) in [5, 5.41) is 0. The Balaban J connectivity index is 1.88. The molecule has 3 nitrogen and oxygen atoms in total. The monoisotopic (exact) mass is 356 g/mol. The molecule has 2 heterocycles. The van der Waals surface area contributed by atoms with Crippen LogP contribution in [0.3, 0.4) is 0 Å². The number of hydrogen-bond donors (Lipinski definition) is 0. The predicted octanol–water partition coefficient (Wildman–Crippen LogP) is 3.51. The molecule has 0 aromatic heterocycles. The molecule has 0 N–H and O–H groups in total. The summed E-state index contributed by atoms with van der Waals surface area (Å²) >= 11 is 3.61. The second kappa shape index (κ2) is 5.86. The van der Waals surface area contributed by atoms with E-state index in [1.165, 1.54) is 16.8 Å². The van der Waals surface area contributed by atoms with E-state index in [9.17, 15) is 0 Å². The zero-order valence-electron chi connectivity index (χ0n) is 12.2. The summed E-state index contributed by atoms with van der Waals surface area (Å²) in [5.74, 6) is 0. The number of morpholine rings is 1. The van der Waals surface area contributed by atoms with Crippen LogP contribution >= 0.6 is 15.9 Å². The first kappa shape index (κ1) is 14.0. The van der Waals surface area contributed by atoms with E-state index in [0.29, 0.717) is 6.04 Å². The molecule has 1 fully saturated rings. The SMILES string of the molecule is Brc1ccc2c(c1)C(c1ccccc1)=NCC1COCCN21. The summed E-state index contributed by atoms with van der Waals surface area (Å²) in [6.07, 6.45) is 0. The van der Waals surface area contributed by atoms with Crippen molar-refractivity contribution in [3.05, 3.63) is 64.1 Å². The molecule has 2 aromatic rings.